The largest absolute Gasteiger partial charge is 0.311 e. The van der Waals surface area contributed by atoms with Gasteiger partial charge in [0.25, 0.3) is 0 Å². The van der Waals surface area contributed by atoms with Gasteiger partial charge in [-0.3, -0.25) is 0 Å². The van der Waals surface area contributed by atoms with Gasteiger partial charge < -0.3 is 5.32 Å². The number of nitrogens with one attached hydrogen (secondary N) is 1. The van der Waals surface area contributed by atoms with Gasteiger partial charge in [0.05, 0.1) is 5.69 Å². The zero-order chi connectivity index (χ0) is 11.9. The minimum atomic E-state index is 0.858. The standard InChI is InChI=1S/C14H23N3/c1-12-16-10-8-14(17-12)11-15-9-7-13-5-3-2-4-6-13/h8,10,13,15H,2-7,9,11H2,1H3. The molecule has 0 aliphatic heterocycles. The van der Waals surface area contributed by atoms with Gasteiger partial charge in [0.15, 0.2) is 0 Å². The fraction of sp³-hybridized carbons (Fsp3) is 0.714. The molecule has 1 heterocycles. The Balaban J connectivity index is 1.62. The van der Waals surface area contributed by atoms with Crippen molar-refractivity contribution >= 4 is 0 Å². The quantitative estimate of drug-likeness (QED) is 0.795. The molecular weight excluding hydrogens is 210 g/mol. The van der Waals surface area contributed by atoms with Crippen molar-refractivity contribution in [3.63, 3.8) is 0 Å². The highest BCUT2D eigenvalue weighted by Gasteiger charge is 2.12. The minimum Gasteiger partial charge on any atom is -0.311 e. The maximum Gasteiger partial charge on any atom is 0.125 e. The summed E-state index contributed by atoms with van der Waals surface area (Å²) in [6, 6.07) is 1.99. The van der Waals surface area contributed by atoms with Crippen LogP contribution in [0.4, 0.5) is 0 Å². The first-order valence-electron chi connectivity index (χ1n) is 6.84. The van der Waals surface area contributed by atoms with E-state index in [1.165, 1.54) is 38.5 Å². The number of aromatic nitrogens is 2. The second-order valence-corrected chi connectivity index (χ2v) is 5.06. The molecule has 3 nitrogen and oxygen atoms in total. The fourth-order valence-electron chi connectivity index (χ4n) is 2.60. The van der Waals surface area contributed by atoms with Gasteiger partial charge in [0, 0.05) is 12.7 Å². The van der Waals surface area contributed by atoms with E-state index in [0.717, 1.165) is 30.5 Å². The van der Waals surface area contributed by atoms with Crippen LogP contribution in [0.25, 0.3) is 0 Å². The summed E-state index contributed by atoms with van der Waals surface area (Å²) < 4.78 is 0. The third kappa shape index (κ3) is 4.43. The Labute approximate surface area is 104 Å². The van der Waals surface area contributed by atoms with Crippen molar-refractivity contribution in [3.8, 4) is 0 Å². The van der Waals surface area contributed by atoms with Gasteiger partial charge in [0.2, 0.25) is 0 Å². The lowest BCUT2D eigenvalue weighted by Gasteiger charge is -2.21. The van der Waals surface area contributed by atoms with Crippen LogP contribution < -0.4 is 5.32 Å². The highest BCUT2D eigenvalue weighted by atomic mass is 14.9. The van der Waals surface area contributed by atoms with Crippen LogP contribution in [0.15, 0.2) is 12.3 Å². The lowest BCUT2D eigenvalue weighted by atomic mass is 9.87. The molecule has 0 saturated heterocycles. The first-order valence-corrected chi connectivity index (χ1v) is 6.84. The van der Waals surface area contributed by atoms with E-state index in [2.05, 4.69) is 15.3 Å². The molecule has 1 N–H and O–H groups in total. The molecule has 1 fully saturated rings. The monoisotopic (exact) mass is 233 g/mol. The van der Waals surface area contributed by atoms with Gasteiger partial charge in [-0.05, 0) is 31.9 Å². The van der Waals surface area contributed by atoms with E-state index in [-0.39, 0.29) is 0 Å². The zero-order valence-corrected chi connectivity index (χ0v) is 10.8. The Kier molecular flexibility index (Phi) is 4.92. The van der Waals surface area contributed by atoms with Crippen molar-refractivity contribution in [1.82, 2.24) is 15.3 Å². The average Bonchev–Trinajstić information content (AvgIpc) is 2.36. The first-order chi connectivity index (χ1) is 8.34. The van der Waals surface area contributed by atoms with E-state index in [9.17, 15) is 0 Å². The highest BCUT2D eigenvalue weighted by Crippen LogP contribution is 2.25. The summed E-state index contributed by atoms with van der Waals surface area (Å²) in [5.74, 6) is 1.82. The number of nitrogens with zero attached hydrogens (tertiary/aromatic N) is 2. The van der Waals surface area contributed by atoms with Crippen LogP contribution in [-0.4, -0.2) is 16.5 Å². The van der Waals surface area contributed by atoms with Crippen molar-refractivity contribution in [2.75, 3.05) is 6.54 Å². The van der Waals surface area contributed by atoms with E-state index in [0.29, 0.717) is 0 Å². The molecule has 1 aromatic heterocycles. The van der Waals surface area contributed by atoms with E-state index >= 15 is 0 Å². The van der Waals surface area contributed by atoms with E-state index < -0.39 is 0 Å². The van der Waals surface area contributed by atoms with E-state index in [1.807, 2.05) is 19.2 Å². The third-order valence-corrected chi connectivity index (χ3v) is 3.59. The predicted octanol–water partition coefficient (Wildman–Crippen LogP) is 2.85. The Hall–Kier alpha value is -0.960. The molecule has 17 heavy (non-hydrogen) atoms. The molecule has 1 saturated carbocycles. The SMILES string of the molecule is Cc1nccc(CNCCC2CCCCC2)n1. The summed E-state index contributed by atoms with van der Waals surface area (Å²) in [5.41, 5.74) is 1.10. The van der Waals surface area contributed by atoms with Crippen LogP contribution in [0, 0.1) is 12.8 Å². The molecule has 0 aromatic carbocycles. The van der Waals surface area contributed by atoms with Crippen LogP contribution >= 0.6 is 0 Å². The second-order valence-electron chi connectivity index (χ2n) is 5.06. The topological polar surface area (TPSA) is 37.8 Å². The highest BCUT2D eigenvalue weighted by molar-refractivity contribution is 5.00. The van der Waals surface area contributed by atoms with Gasteiger partial charge in [-0.15, -0.1) is 0 Å². The maximum absolute atomic E-state index is 4.38. The first kappa shape index (κ1) is 12.5. The molecule has 0 unspecified atom stereocenters. The van der Waals surface area contributed by atoms with Crippen LogP contribution in [0.3, 0.4) is 0 Å². The van der Waals surface area contributed by atoms with Gasteiger partial charge in [-0.1, -0.05) is 32.1 Å². The minimum absolute atomic E-state index is 0.858. The van der Waals surface area contributed by atoms with Gasteiger partial charge in [-0.25, -0.2) is 9.97 Å². The van der Waals surface area contributed by atoms with E-state index in [1.54, 1.807) is 0 Å². The molecule has 1 aliphatic carbocycles. The summed E-state index contributed by atoms with van der Waals surface area (Å²) in [6.45, 7) is 3.93. The smallest absolute Gasteiger partial charge is 0.125 e. The Morgan fingerprint density at radius 2 is 2.12 bits per heavy atom. The molecule has 94 valence electrons. The molecular formula is C14H23N3. The number of aryl methyl sites for hydroxylation is 1. The zero-order valence-electron chi connectivity index (χ0n) is 10.8. The normalized spacial score (nSPS) is 17.2. The van der Waals surface area contributed by atoms with Crippen LogP contribution in [0.5, 0.6) is 0 Å². The molecule has 1 aliphatic rings. The summed E-state index contributed by atoms with van der Waals surface area (Å²) in [7, 11) is 0. The molecule has 0 radical (unpaired) electrons. The fourth-order valence-corrected chi connectivity index (χ4v) is 2.60. The summed E-state index contributed by atoms with van der Waals surface area (Å²) in [6.07, 6.45) is 10.4. The molecule has 0 spiro atoms. The molecule has 0 atom stereocenters. The van der Waals surface area contributed by atoms with Crippen LogP contribution in [0.1, 0.15) is 50.0 Å². The summed E-state index contributed by atoms with van der Waals surface area (Å²) >= 11 is 0. The third-order valence-electron chi connectivity index (χ3n) is 3.59. The molecule has 1 aromatic rings. The van der Waals surface area contributed by atoms with E-state index in [4.69, 9.17) is 0 Å². The maximum atomic E-state index is 4.38. The molecule has 0 amide bonds. The number of hydrogen-bond acceptors (Lipinski definition) is 3. The van der Waals surface area contributed by atoms with Crippen LogP contribution in [-0.2, 0) is 6.54 Å². The van der Waals surface area contributed by atoms with Crippen molar-refractivity contribution in [1.29, 1.82) is 0 Å². The van der Waals surface area contributed by atoms with Gasteiger partial charge in [0.1, 0.15) is 5.82 Å². The Morgan fingerprint density at radius 1 is 1.29 bits per heavy atom. The predicted molar refractivity (Wildman–Crippen MR) is 69.7 cm³/mol. The molecule has 2 rings (SSSR count). The van der Waals surface area contributed by atoms with Crippen molar-refractivity contribution in [2.24, 2.45) is 5.92 Å². The number of rotatable bonds is 5. The van der Waals surface area contributed by atoms with Crippen molar-refractivity contribution in [3.05, 3.63) is 23.8 Å². The Morgan fingerprint density at radius 3 is 2.88 bits per heavy atom. The summed E-state index contributed by atoms with van der Waals surface area (Å²) in [4.78, 5) is 8.49. The van der Waals surface area contributed by atoms with Gasteiger partial charge in [-0.2, -0.15) is 0 Å². The second kappa shape index (κ2) is 6.70. The number of hydrogen-bond donors (Lipinski definition) is 1. The van der Waals surface area contributed by atoms with Crippen molar-refractivity contribution in [2.45, 2.75) is 52.0 Å². The molecule has 0 bridgehead atoms. The van der Waals surface area contributed by atoms with Crippen LogP contribution in [0.2, 0.25) is 0 Å². The van der Waals surface area contributed by atoms with Gasteiger partial charge >= 0.3 is 0 Å². The Bertz CT molecular complexity index is 332. The van der Waals surface area contributed by atoms with Crippen molar-refractivity contribution < 1.29 is 0 Å². The molecule has 3 heteroatoms. The lowest BCUT2D eigenvalue weighted by Crippen LogP contribution is -2.19. The lowest BCUT2D eigenvalue weighted by molar-refractivity contribution is 0.333. The summed E-state index contributed by atoms with van der Waals surface area (Å²) in [5, 5.41) is 3.49. The average molecular weight is 233 g/mol.